The summed E-state index contributed by atoms with van der Waals surface area (Å²) in [5.74, 6) is -1.44. The molecule has 0 spiro atoms. The smallest absolute Gasteiger partial charge is 0.324 e. The van der Waals surface area contributed by atoms with E-state index in [9.17, 15) is 17.6 Å². The summed E-state index contributed by atoms with van der Waals surface area (Å²) in [5.41, 5.74) is 0. The second kappa shape index (κ2) is 6.81. The maximum atomic E-state index is 12.8. The molecule has 1 aromatic rings. The summed E-state index contributed by atoms with van der Waals surface area (Å²) in [6.45, 7) is 5.22. The van der Waals surface area contributed by atoms with E-state index in [1.54, 1.807) is 20.8 Å². The highest BCUT2D eigenvalue weighted by atomic mass is 32.2. The summed E-state index contributed by atoms with van der Waals surface area (Å²) >= 11 is 0. The third-order valence-corrected chi connectivity index (χ3v) is 4.07. The Morgan fingerprint density at radius 2 is 1.85 bits per heavy atom. The van der Waals surface area contributed by atoms with Gasteiger partial charge >= 0.3 is 5.97 Å². The maximum Gasteiger partial charge on any atom is 0.324 e. The minimum absolute atomic E-state index is 0.103. The van der Waals surface area contributed by atoms with E-state index in [1.807, 2.05) is 0 Å². The molecule has 1 N–H and O–H groups in total. The van der Waals surface area contributed by atoms with E-state index < -0.39 is 27.9 Å². The Bertz CT molecular complexity index is 554. The van der Waals surface area contributed by atoms with Gasteiger partial charge in [0.2, 0.25) is 10.0 Å². The molecule has 1 unspecified atom stereocenters. The van der Waals surface area contributed by atoms with Crippen molar-refractivity contribution in [2.24, 2.45) is 5.92 Å². The third kappa shape index (κ3) is 4.28. The highest BCUT2D eigenvalue weighted by Crippen LogP contribution is 2.13. The van der Waals surface area contributed by atoms with E-state index in [1.165, 1.54) is 0 Å². The van der Waals surface area contributed by atoms with Crippen LogP contribution >= 0.6 is 0 Å². The predicted molar refractivity (Wildman–Crippen MR) is 72.0 cm³/mol. The SMILES string of the molecule is CCOC(=O)C(NS(=O)(=O)c1ccc(F)cc1)C(C)C. The van der Waals surface area contributed by atoms with Gasteiger partial charge in [0.05, 0.1) is 11.5 Å². The van der Waals surface area contributed by atoms with Crippen LogP contribution in [0.2, 0.25) is 0 Å². The van der Waals surface area contributed by atoms with Crippen molar-refractivity contribution >= 4 is 16.0 Å². The molecule has 112 valence electrons. The molecule has 0 aliphatic carbocycles. The molecule has 0 radical (unpaired) electrons. The molecule has 0 heterocycles. The maximum absolute atomic E-state index is 12.8. The van der Waals surface area contributed by atoms with Crippen LogP contribution in [0.4, 0.5) is 4.39 Å². The summed E-state index contributed by atoms with van der Waals surface area (Å²) in [4.78, 5) is 11.6. The van der Waals surface area contributed by atoms with Crippen LogP contribution in [-0.2, 0) is 19.6 Å². The Hall–Kier alpha value is -1.47. The molecule has 1 atom stereocenters. The van der Waals surface area contributed by atoms with Crippen molar-refractivity contribution in [2.45, 2.75) is 31.7 Å². The first kappa shape index (κ1) is 16.6. The van der Waals surface area contributed by atoms with Gasteiger partial charge in [-0.15, -0.1) is 0 Å². The van der Waals surface area contributed by atoms with Gasteiger partial charge < -0.3 is 4.74 Å². The fourth-order valence-corrected chi connectivity index (χ4v) is 2.87. The lowest BCUT2D eigenvalue weighted by Gasteiger charge is -2.20. The Morgan fingerprint density at radius 1 is 1.30 bits per heavy atom. The van der Waals surface area contributed by atoms with Gasteiger partial charge in [-0.05, 0) is 37.1 Å². The molecular formula is C13H18FNO4S. The monoisotopic (exact) mass is 303 g/mol. The molecule has 0 saturated heterocycles. The van der Waals surface area contributed by atoms with Gasteiger partial charge in [0.25, 0.3) is 0 Å². The molecule has 0 amide bonds. The quantitative estimate of drug-likeness (QED) is 0.812. The Balaban J connectivity index is 2.97. The molecule has 20 heavy (non-hydrogen) atoms. The first-order chi connectivity index (χ1) is 9.27. The highest BCUT2D eigenvalue weighted by Gasteiger charge is 2.29. The van der Waals surface area contributed by atoms with Crippen molar-refractivity contribution in [2.75, 3.05) is 6.61 Å². The van der Waals surface area contributed by atoms with E-state index in [0.29, 0.717) is 0 Å². The number of hydrogen-bond donors (Lipinski definition) is 1. The van der Waals surface area contributed by atoms with Crippen LogP contribution in [0.5, 0.6) is 0 Å². The van der Waals surface area contributed by atoms with Crippen LogP contribution in [0, 0.1) is 11.7 Å². The molecule has 0 aliphatic rings. The molecule has 0 fully saturated rings. The second-order valence-electron chi connectivity index (χ2n) is 4.55. The minimum atomic E-state index is -3.90. The zero-order valence-corrected chi connectivity index (χ0v) is 12.4. The average molecular weight is 303 g/mol. The van der Waals surface area contributed by atoms with Crippen molar-refractivity contribution in [1.29, 1.82) is 0 Å². The third-order valence-electron chi connectivity index (χ3n) is 2.61. The van der Waals surface area contributed by atoms with Gasteiger partial charge in [-0.3, -0.25) is 4.79 Å². The summed E-state index contributed by atoms with van der Waals surface area (Å²) < 4.78 is 44.2. The van der Waals surface area contributed by atoms with Crippen LogP contribution in [0.3, 0.4) is 0 Å². The van der Waals surface area contributed by atoms with Crippen LogP contribution in [-0.4, -0.2) is 27.0 Å². The predicted octanol–water partition coefficient (Wildman–Crippen LogP) is 1.69. The standard InChI is InChI=1S/C13H18FNO4S/c1-4-19-13(16)12(9(2)3)15-20(17,18)11-7-5-10(14)6-8-11/h5-9,12,15H,4H2,1-3H3. The summed E-state index contributed by atoms with van der Waals surface area (Å²) in [6, 6.07) is 3.39. The number of carbonyl (C=O) groups excluding carboxylic acids is 1. The van der Waals surface area contributed by atoms with Crippen molar-refractivity contribution in [3.8, 4) is 0 Å². The number of hydrogen-bond acceptors (Lipinski definition) is 4. The number of nitrogens with one attached hydrogen (secondary N) is 1. The average Bonchev–Trinajstić information content (AvgIpc) is 2.36. The number of sulfonamides is 1. The fraction of sp³-hybridized carbons (Fsp3) is 0.462. The number of ether oxygens (including phenoxy) is 1. The van der Waals surface area contributed by atoms with Gasteiger partial charge in [-0.1, -0.05) is 13.8 Å². The molecule has 0 aromatic heterocycles. The molecule has 5 nitrogen and oxygen atoms in total. The van der Waals surface area contributed by atoms with E-state index >= 15 is 0 Å². The summed E-state index contributed by atoms with van der Waals surface area (Å²) in [6.07, 6.45) is 0. The zero-order valence-electron chi connectivity index (χ0n) is 11.6. The molecule has 1 aromatic carbocycles. The minimum Gasteiger partial charge on any atom is -0.465 e. The van der Waals surface area contributed by atoms with Gasteiger partial charge in [0.15, 0.2) is 0 Å². The van der Waals surface area contributed by atoms with Gasteiger partial charge in [-0.2, -0.15) is 4.72 Å². The van der Waals surface area contributed by atoms with E-state index in [-0.39, 0.29) is 17.4 Å². The van der Waals surface area contributed by atoms with Crippen molar-refractivity contribution < 1.29 is 22.3 Å². The van der Waals surface area contributed by atoms with Gasteiger partial charge in [-0.25, -0.2) is 12.8 Å². The van der Waals surface area contributed by atoms with Crippen LogP contribution in [0.1, 0.15) is 20.8 Å². The Morgan fingerprint density at radius 3 is 2.30 bits per heavy atom. The van der Waals surface area contributed by atoms with Crippen LogP contribution < -0.4 is 4.72 Å². The molecule has 0 bridgehead atoms. The van der Waals surface area contributed by atoms with Gasteiger partial charge in [0.1, 0.15) is 11.9 Å². The first-order valence-electron chi connectivity index (χ1n) is 6.22. The zero-order chi connectivity index (χ0) is 15.3. The van der Waals surface area contributed by atoms with Crippen molar-refractivity contribution in [3.05, 3.63) is 30.1 Å². The van der Waals surface area contributed by atoms with Crippen molar-refractivity contribution in [3.63, 3.8) is 0 Å². The molecular weight excluding hydrogens is 285 g/mol. The number of benzene rings is 1. The first-order valence-corrected chi connectivity index (χ1v) is 7.70. The largest absolute Gasteiger partial charge is 0.465 e. The summed E-state index contributed by atoms with van der Waals surface area (Å²) in [5, 5.41) is 0. The topological polar surface area (TPSA) is 72.5 Å². The molecule has 1 rings (SSSR count). The van der Waals surface area contributed by atoms with E-state index in [4.69, 9.17) is 4.74 Å². The molecule has 7 heteroatoms. The highest BCUT2D eigenvalue weighted by molar-refractivity contribution is 7.89. The fourth-order valence-electron chi connectivity index (χ4n) is 1.54. The van der Waals surface area contributed by atoms with E-state index in [0.717, 1.165) is 24.3 Å². The number of halogens is 1. The Labute approximate surface area is 118 Å². The van der Waals surface area contributed by atoms with Crippen molar-refractivity contribution in [1.82, 2.24) is 4.72 Å². The van der Waals surface area contributed by atoms with Gasteiger partial charge in [0, 0.05) is 0 Å². The number of esters is 1. The normalized spacial score (nSPS) is 13.2. The molecule has 0 aliphatic heterocycles. The lowest BCUT2D eigenvalue weighted by atomic mass is 10.1. The van der Waals surface area contributed by atoms with Crippen LogP contribution in [0.25, 0.3) is 0 Å². The number of rotatable bonds is 6. The molecule has 0 saturated carbocycles. The van der Waals surface area contributed by atoms with E-state index in [2.05, 4.69) is 4.72 Å². The Kier molecular flexibility index (Phi) is 5.64. The summed E-state index contributed by atoms with van der Waals surface area (Å²) in [7, 11) is -3.90. The van der Waals surface area contributed by atoms with Crippen LogP contribution in [0.15, 0.2) is 29.2 Å². The lowest BCUT2D eigenvalue weighted by molar-refractivity contribution is -0.146. The second-order valence-corrected chi connectivity index (χ2v) is 6.26. The number of carbonyl (C=O) groups is 1. The lowest BCUT2D eigenvalue weighted by Crippen LogP contribution is -2.45.